The van der Waals surface area contributed by atoms with Gasteiger partial charge in [-0.1, -0.05) is 139 Å². The van der Waals surface area contributed by atoms with Gasteiger partial charge in [-0.25, -0.2) is 0 Å². The summed E-state index contributed by atoms with van der Waals surface area (Å²) in [5.41, 5.74) is 0. The number of carboxylic acid groups (broad SMARTS) is 1. The first-order chi connectivity index (χ1) is 26.1. The van der Waals surface area contributed by atoms with E-state index in [-0.39, 0.29) is 42.7 Å². The molecule has 0 aliphatic rings. The highest BCUT2D eigenvalue weighted by atomic mass is 16.6. The Hall–Kier alpha value is -2.97. The van der Waals surface area contributed by atoms with Crippen molar-refractivity contribution in [1.82, 2.24) is 0 Å². The van der Waals surface area contributed by atoms with Crippen molar-refractivity contribution in [3.63, 3.8) is 0 Å². The van der Waals surface area contributed by atoms with Gasteiger partial charge in [0, 0.05) is 19.3 Å². The van der Waals surface area contributed by atoms with Crippen molar-refractivity contribution in [3.8, 4) is 0 Å². The molecule has 0 aromatic carbocycles. The Kier molecular flexibility index (Phi) is 34.9. The maximum atomic E-state index is 12.7. The summed E-state index contributed by atoms with van der Waals surface area (Å²) in [4.78, 5) is 36.8. The van der Waals surface area contributed by atoms with E-state index in [1.54, 1.807) is 21.1 Å². The van der Waals surface area contributed by atoms with E-state index in [9.17, 15) is 19.5 Å². The van der Waals surface area contributed by atoms with Crippen LogP contribution in [0, 0.1) is 0 Å². The number of unbranched alkanes of at least 4 members (excludes halogenated alkanes) is 15. The van der Waals surface area contributed by atoms with Crippen LogP contribution in [0.15, 0.2) is 60.8 Å². The Morgan fingerprint density at radius 3 is 1.67 bits per heavy atom. The topological polar surface area (TPSA) is 102 Å². The molecule has 0 aromatic rings. The van der Waals surface area contributed by atoms with Crippen LogP contribution in [0.5, 0.6) is 0 Å². The van der Waals surface area contributed by atoms with Gasteiger partial charge in [-0.3, -0.25) is 9.59 Å². The number of ether oxygens (including phenoxy) is 3. The van der Waals surface area contributed by atoms with Gasteiger partial charge < -0.3 is 28.6 Å². The molecular weight excluding hydrogens is 679 g/mol. The van der Waals surface area contributed by atoms with Gasteiger partial charge in [0.05, 0.1) is 40.3 Å². The molecular formula is C46H79NO7. The second kappa shape index (κ2) is 37.0. The third kappa shape index (κ3) is 34.8. The normalized spacial score (nSPS) is 13.6. The SMILES string of the molecule is CC/C=C/C=C/C=C/CCCCCCCC(=O)OCC(COCCC(C(=O)[O-])[N+](C)(C)C)OC(=O)CCCCCCCCC/C=C/C/C=C/CCCCC. The van der Waals surface area contributed by atoms with E-state index in [0.717, 1.165) is 77.0 Å². The van der Waals surface area contributed by atoms with Crippen LogP contribution in [-0.4, -0.2) is 75.5 Å². The smallest absolute Gasteiger partial charge is 0.306 e. The summed E-state index contributed by atoms with van der Waals surface area (Å²) in [6, 6.07) is -0.732. The van der Waals surface area contributed by atoms with Crippen LogP contribution in [0.25, 0.3) is 0 Å². The molecule has 0 fully saturated rings. The van der Waals surface area contributed by atoms with Crippen LogP contribution in [-0.2, 0) is 28.6 Å². The number of allylic oxidation sites excluding steroid dienone is 10. The highest BCUT2D eigenvalue weighted by Crippen LogP contribution is 2.13. The minimum absolute atomic E-state index is 0.0283. The quantitative estimate of drug-likeness (QED) is 0.0204. The van der Waals surface area contributed by atoms with Crippen molar-refractivity contribution in [2.45, 2.75) is 174 Å². The molecule has 0 bridgehead atoms. The number of quaternary nitrogens is 1. The summed E-state index contributed by atoms with van der Waals surface area (Å²) >= 11 is 0. The fourth-order valence-corrected chi connectivity index (χ4v) is 5.86. The van der Waals surface area contributed by atoms with Gasteiger partial charge in [0.25, 0.3) is 0 Å². The first-order valence-corrected chi connectivity index (χ1v) is 21.3. The van der Waals surface area contributed by atoms with Crippen molar-refractivity contribution < 1.29 is 38.2 Å². The Bertz CT molecular complexity index is 1070. The van der Waals surface area contributed by atoms with Crippen LogP contribution in [0.2, 0.25) is 0 Å². The number of esters is 2. The van der Waals surface area contributed by atoms with Gasteiger partial charge in [-0.2, -0.15) is 0 Å². The van der Waals surface area contributed by atoms with E-state index >= 15 is 0 Å². The number of nitrogens with zero attached hydrogens (tertiary/aromatic N) is 1. The monoisotopic (exact) mass is 758 g/mol. The zero-order chi connectivity index (χ0) is 40.0. The van der Waals surface area contributed by atoms with Crippen molar-refractivity contribution in [2.75, 3.05) is 41.0 Å². The van der Waals surface area contributed by atoms with E-state index in [1.165, 1.54) is 51.4 Å². The van der Waals surface area contributed by atoms with Crippen molar-refractivity contribution in [2.24, 2.45) is 0 Å². The maximum absolute atomic E-state index is 12.7. The number of carbonyl (C=O) groups is 3. The molecule has 0 amide bonds. The van der Waals surface area contributed by atoms with Crippen LogP contribution in [0.1, 0.15) is 162 Å². The number of carbonyl (C=O) groups excluding carboxylic acids is 3. The second-order valence-electron chi connectivity index (χ2n) is 15.3. The predicted octanol–water partition coefficient (Wildman–Crippen LogP) is 10.1. The Balaban J connectivity index is 4.40. The standard InChI is InChI=1S/C46H79NO7/c1-6-8-10-12-14-16-18-20-21-22-23-25-27-29-31-33-35-37-45(49)54-42(40-52-39-38-43(46(50)51)47(3,4)5)41-53-44(48)36-34-32-30-28-26-24-19-17-15-13-11-9-7-2/h9,11,13-17,19-21,42-43H,6-8,10,12,18,22-41H2,1-5H3/b11-9+,15-13+,16-14+,19-17+,21-20+. The van der Waals surface area contributed by atoms with Gasteiger partial charge in [0.1, 0.15) is 12.6 Å². The average Bonchev–Trinajstić information content (AvgIpc) is 3.12. The third-order valence-electron chi connectivity index (χ3n) is 9.20. The van der Waals surface area contributed by atoms with Gasteiger partial charge >= 0.3 is 11.9 Å². The Morgan fingerprint density at radius 1 is 0.593 bits per heavy atom. The molecule has 0 radical (unpaired) electrons. The lowest BCUT2D eigenvalue weighted by Gasteiger charge is -2.34. The predicted molar refractivity (Wildman–Crippen MR) is 222 cm³/mol. The number of aliphatic carboxylic acids is 1. The molecule has 8 nitrogen and oxygen atoms in total. The summed E-state index contributed by atoms with van der Waals surface area (Å²) < 4.78 is 17.1. The zero-order valence-corrected chi connectivity index (χ0v) is 35.1. The number of hydrogen-bond acceptors (Lipinski definition) is 7. The van der Waals surface area contributed by atoms with Crippen LogP contribution in [0.3, 0.4) is 0 Å². The van der Waals surface area contributed by atoms with Crippen molar-refractivity contribution in [3.05, 3.63) is 60.8 Å². The van der Waals surface area contributed by atoms with E-state index in [1.807, 2.05) is 12.2 Å². The highest BCUT2D eigenvalue weighted by Gasteiger charge is 2.25. The Morgan fingerprint density at radius 2 is 1.11 bits per heavy atom. The molecule has 0 saturated carbocycles. The first kappa shape index (κ1) is 51.0. The van der Waals surface area contributed by atoms with Crippen molar-refractivity contribution >= 4 is 17.9 Å². The van der Waals surface area contributed by atoms with Crippen molar-refractivity contribution in [1.29, 1.82) is 0 Å². The molecule has 0 N–H and O–H groups in total. The van der Waals surface area contributed by atoms with Gasteiger partial charge in [0.2, 0.25) is 0 Å². The lowest BCUT2D eigenvalue weighted by atomic mass is 10.1. The molecule has 2 atom stereocenters. The lowest BCUT2D eigenvalue weighted by molar-refractivity contribution is -0.889. The minimum atomic E-state index is -1.13. The van der Waals surface area contributed by atoms with Crippen LogP contribution in [0.4, 0.5) is 0 Å². The van der Waals surface area contributed by atoms with Gasteiger partial charge in [-0.15, -0.1) is 0 Å². The molecule has 0 rings (SSSR count). The molecule has 0 aromatic heterocycles. The molecule has 0 aliphatic heterocycles. The van der Waals surface area contributed by atoms with E-state index in [4.69, 9.17) is 14.2 Å². The average molecular weight is 758 g/mol. The number of hydrogen-bond donors (Lipinski definition) is 0. The zero-order valence-electron chi connectivity index (χ0n) is 35.1. The maximum Gasteiger partial charge on any atom is 0.306 e. The fraction of sp³-hybridized carbons (Fsp3) is 0.717. The molecule has 8 heteroatoms. The highest BCUT2D eigenvalue weighted by molar-refractivity contribution is 5.70. The van der Waals surface area contributed by atoms with E-state index in [0.29, 0.717) is 12.8 Å². The summed E-state index contributed by atoms with van der Waals surface area (Å²) in [5, 5.41) is 11.6. The summed E-state index contributed by atoms with van der Waals surface area (Å²) in [6.45, 7) is 4.46. The number of likely N-dealkylation sites (N-methyl/N-ethyl adjacent to an activating group) is 1. The summed E-state index contributed by atoms with van der Waals surface area (Å²) in [5.74, 6) is -1.78. The number of rotatable bonds is 37. The molecule has 54 heavy (non-hydrogen) atoms. The molecule has 310 valence electrons. The molecule has 0 saturated heterocycles. The first-order valence-electron chi connectivity index (χ1n) is 21.3. The van der Waals surface area contributed by atoms with Gasteiger partial charge in [-0.05, 0) is 64.2 Å². The van der Waals surface area contributed by atoms with E-state index < -0.39 is 18.1 Å². The largest absolute Gasteiger partial charge is 0.544 e. The lowest BCUT2D eigenvalue weighted by Crippen LogP contribution is -2.55. The summed E-state index contributed by atoms with van der Waals surface area (Å²) in [6.07, 6.45) is 43.8. The van der Waals surface area contributed by atoms with Gasteiger partial charge in [0.15, 0.2) is 6.10 Å². The number of carboxylic acids is 1. The Labute approximate surface area is 330 Å². The minimum Gasteiger partial charge on any atom is -0.544 e. The molecule has 0 heterocycles. The van der Waals surface area contributed by atoms with Crippen LogP contribution < -0.4 is 5.11 Å². The summed E-state index contributed by atoms with van der Waals surface area (Å²) in [7, 11) is 5.39. The second-order valence-corrected chi connectivity index (χ2v) is 15.3. The van der Waals surface area contributed by atoms with E-state index in [2.05, 4.69) is 62.5 Å². The fourth-order valence-electron chi connectivity index (χ4n) is 5.86. The van der Waals surface area contributed by atoms with Crippen LogP contribution >= 0.6 is 0 Å². The molecule has 0 spiro atoms. The third-order valence-corrected chi connectivity index (χ3v) is 9.20. The molecule has 0 aliphatic carbocycles. The molecule has 2 unspecified atom stereocenters.